The standard InChI is InChI=1S/C17H19N5O2/c1-12(2)22(13-7-5-4-6-8-13)15(23)10-21-11-18-16-14(17(21)24)9-19-20(16)3/h4-9,11-12H,10H2,1-3H3. The summed E-state index contributed by atoms with van der Waals surface area (Å²) in [4.78, 5) is 31.2. The monoisotopic (exact) mass is 325 g/mol. The molecule has 7 nitrogen and oxygen atoms in total. The van der Waals surface area contributed by atoms with Gasteiger partial charge in [-0.1, -0.05) is 18.2 Å². The molecule has 1 amide bonds. The number of fused-ring (bicyclic) bond motifs is 1. The Morgan fingerprint density at radius 3 is 2.62 bits per heavy atom. The lowest BCUT2D eigenvalue weighted by molar-refractivity contribution is -0.119. The molecule has 3 aromatic rings. The van der Waals surface area contributed by atoms with E-state index in [9.17, 15) is 9.59 Å². The largest absolute Gasteiger partial charge is 0.308 e. The Morgan fingerprint density at radius 1 is 1.25 bits per heavy atom. The van der Waals surface area contributed by atoms with Crippen molar-refractivity contribution in [1.82, 2.24) is 19.3 Å². The highest BCUT2D eigenvalue weighted by atomic mass is 16.2. The summed E-state index contributed by atoms with van der Waals surface area (Å²) in [5.41, 5.74) is 1.05. The van der Waals surface area contributed by atoms with E-state index in [2.05, 4.69) is 10.1 Å². The molecule has 1 aromatic carbocycles. The molecule has 0 atom stereocenters. The van der Waals surface area contributed by atoms with Crippen LogP contribution in [0.15, 0.2) is 47.7 Å². The van der Waals surface area contributed by atoms with E-state index >= 15 is 0 Å². The zero-order chi connectivity index (χ0) is 17.3. The van der Waals surface area contributed by atoms with Gasteiger partial charge in [0.1, 0.15) is 18.3 Å². The number of para-hydroxylation sites is 1. The van der Waals surface area contributed by atoms with Gasteiger partial charge in [0, 0.05) is 18.8 Å². The van der Waals surface area contributed by atoms with Gasteiger partial charge in [-0.15, -0.1) is 0 Å². The van der Waals surface area contributed by atoms with Gasteiger partial charge < -0.3 is 4.90 Å². The Bertz CT molecular complexity index is 927. The number of hydrogen-bond acceptors (Lipinski definition) is 4. The quantitative estimate of drug-likeness (QED) is 0.730. The molecular formula is C17H19N5O2. The van der Waals surface area contributed by atoms with Crippen LogP contribution >= 0.6 is 0 Å². The first-order valence-corrected chi connectivity index (χ1v) is 7.73. The summed E-state index contributed by atoms with van der Waals surface area (Å²) in [5, 5.41) is 4.44. The van der Waals surface area contributed by atoms with Crippen molar-refractivity contribution in [3.63, 3.8) is 0 Å². The molecule has 0 bridgehead atoms. The molecule has 0 N–H and O–H groups in total. The average Bonchev–Trinajstić information content (AvgIpc) is 2.93. The Morgan fingerprint density at radius 2 is 1.96 bits per heavy atom. The van der Waals surface area contributed by atoms with Crippen molar-refractivity contribution in [2.75, 3.05) is 4.90 Å². The van der Waals surface area contributed by atoms with Crippen LogP contribution in [0.2, 0.25) is 0 Å². The molecule has 0 saturated carbocycles. The molecule has 124 valence electrons. The highest BCUT2D eigenvalue weighted by Gasteiger charge is 2.20. The molecule has 0 saturated heterocycles. The number of carbonyl (C=O) groups excluding carboxylic acids is 1. The van der Waals surface area contributed by atoms with E-state index in [0.29, 0.717) is 11.0 Å². The third-order valence-corrected chi connectivity index (χ3v) is 3.84. The molecule has 0 aliphatic rings. The van der Waals surface area contributed by atoms with E-state index in [-0.39, 0.29) is 24.1 Å². The first-order chi connectivity index (χ1) is 11.5. The predicted octanol–water partition coefficient (Wildman–Crippen LogP) is 1.57. The topological polar surface area (TPSA) is 73.0 Å². The fourth-order valence-electron chi connectivity index (χ4n) is 2.72. The second-order valence-corrected chi connectivity index (χ2v) is 5.88. The third-order valence-electron chi connectivity index (χ3n) is 3.84. The van der Waals surface area contributed by atoms with Gasteiger partial charge in [-0.3, -0.25) is 18.8 Å². The van der Waals surface area contributed by atoms with Crippen molar-refractivity contribution in [2.45, 2.75) is 26.4 Å². The van der Waals surface area contributed by atoms with Gasteiger partial charge in [0.05, 0.1) is 6.20 Å². The minimum Gasteiger partial charge on any atom is -0.308 e. The Balaban J connectivity index is 1.93. The number of anilines is 1. The van der Waals surface area contributed by atoms with Gasteiger partial charge in [0.15, 0.2) is 5.65 Å². The van der Waals surface area contributed by atoms with Crippen LogP contribution in [0.1, 0.15) is 13.8 Å². The van der Waals surface area contributed by atoms with E-state index in [4.69, 9.17) is 0 Å². The van der Waals surface area contributed by atoms with Crippen LogP contribution in [-0.4, -0.2) is 31.3 Å². The number of benzene rings is 1. The van der Waals surface area contributed by atoms with Crippen molar-refractivity contribution in [3.05, 3.63) is 53.2 Å². The van der Waals surface area contributed by atoms with Gasteiger partial charge in [0.2, 0.25) is 5.91 Å². The molecule has 24 heavy (non-hydrogen) atoms. The predicted molar refractivity (Wildman–Crippen MR) is 91.8 cm³/mol. The molecule has 0 fully saturated rings. The normalized spacial score (nSPS) is 11.2. The van der Waals surface area contributed by atoms with Crippen LogP contribution in [0.25, 0.3) is 11.0 Å². The minimum absolute atomic E-state index is 0.0225. The van der Waals surface area contributed by atoms with E-state index in [0.717, 1.165) is 5.69 Å². The van der Waals surface area contributed by atoms with Crippen LogP contribution in [-0.2, 0) is 18.4 Å². The molecule has 0 aliphatic carbocycles. The van der Waals surface area contributed by atoms with E-state index in [1.807, 2.05) is 44.2 Å². The molecule has 7 heteroatoms. The van der Waals surface area contributed by atoms with Crippen LogP contribution < -0.4 is 10.5 Å². The van der Waals surface area contributed by atoms with Crippen LogP contribution in [0.4, 0.5) is 5.69 Å². The lowest BCUT2D eigenvalue weighted by Crippen LogP contribution is -2.41. The van der Waals surface area contributed by atoms with Crippen molar-refractivity contribution >= 4 is 22.6 Å². The number of nitrogens with zero attached hydrogens (tertiary/aromatic N) is 5. The Hall–Kier alpha value is -2.96. The van der Waals surface area contributed by atoms with Gasteiger partial charge in [-0.2, -0.15) is 5.10 Å². The lowest BCUT2D eigenvalue weighted by atomic mass is 10.2. The SMILES string of the molecule is CC(C)N(C(=O)Cn1cnc2c(cnn2C)c1=O)c1ccccc1. The number of hydrogen-bond donors (Lipinski definition) is 0. The zero-order valence-corrected chi connectivity index (χ0v) is 13.9. The third kappa shape index (κ3) is 2.80. The number of aryl methyl sites for hydroxylation is 1. The first kappa shape index (κ1) is 15.9. The summed E-state index contributed by atoms with van der Waals surface area (Å²) in [5.74, 6) is -0.164. The van der Waals surface area contributed by atoms with Gasteiger partial charge in [-0.25, -0.2) is 4.98 Å². The summed E-state index contributed by atoms with van der Waals surface area (Å²) in [6, 6.07) is 9.40. The summed E-state index contributed by atoms with van der Waals surface area (Å²) >= 11 is 0. The maximum absolute atomic E-state index is 12.8. The summed E-state index contributed by atoms with van der Waals surface area (Å²) < 4.78 is 2.86. The molecule has 0 aliphatic heterocycles. The Labute approximate surface area is 139 Å². The smallest absolute Gasteiger partial charge is 0.264 e. The van der Waals surface area contributed by atoms with Crippen molar-refractivity contribution < 1.29 is 4.79 Å². The maximum Gasteiger partial charge on any atom is 0.264 e. The number of aromatic nitrogens is 4. The van der Waals surface area contributed by atoms with Crippen LogP contribution in [0.3, 0.4) is 0 Å². The van der Waals surface area contributed by atoms with Crippen molar-refractivity contribution in [2.24, 2.45) is 7.05 Å². The summed E-state index contributed by atoms with van der Waals surface area (Å²) in [6.07, 6.45) is 2.87. The van der Waals surface area contributed by atoms with Crippen molar-refractivity contribution in [3.8, 4) is 0 Å². The van der Waals surface area contributed by atoms with Gasteiger partial charge >= 0.3 is 0 Å². The molecule has 2 aromatic heterocycles. The van der Waals surface area contributed by atoms with Crippen LogP contribution in [0, 0.1) is 0 Å². The average molecular weight is 325 g/mol. The molecule has 2 heterocycles. The highest BCUT2D eigenvalue weighted by Crippen LogP contribution is 2.17. The first-order valence-electron chi connectivity index (χ1n) is 7.73. The summed E-state index contributed by atoms with van der Waals surface area (Å²) in [7, 11) is 1.72. The zero-order valence-electron chi connectivity index (χ0n) is 13.9. The van der Waals surface area contributed by atoms with Crippen molar-refractivity contribution in [1.29, 1.82) is 0 Å². The second kappa shape index (κ2) is 6.27. The molecule has 0 unspecified atom stereocenters. The maximum atomic E-state index is 12.8. The Kier molecular flexibility index (Phi) is 4.16. The van der Waals surface area contributed by atoms with Crippen LogP contribution in [0.5, 0.6) is 0 Å². The van der Waals surface area contributed by atoms with E-state index in [1.165, 1.54) is 21.8 Å². The second-order valence-electron chi connectivity index (χ2n) is 5.88. The highest BCUT2D eigenvalue weighted by molar-refractivity contribution is 5.93. The number of amides is 1. The summed E-state index contributed by atoms with van der Waals surface area (Å²) in [6.45, 7) is 3.82. The fourth-order valence-corrected chi connectivity index (χ4v) is 2.72. The van der Waals surface area contributed by atoms with Gasteiger partial charge in [-0.05, 0) is 26.0 Å². The molecule has 3 rings (SSSR count). The number of carbonyl (C=O) groups is 1. The minimum atomic E-state index is -0.266. The fraction of sp³-hybridized carbons (Fsp3) is 0.294. The van der Waals surface area contributed by atoms with E-state index in [1.54, 1.807) is 11.9 Å². The lowest BCUT2D eigenvalue weighted by Gasteiger charge is -2.27. The van der Waals surface area contributed by atoms with E-state index < -0.39 is 0 Å². The number of rotatable bonds is 4. The molecule has 0 spiro atoms. The molecular weight excluding hydrogens is 306 g/mol. The van der Waals surface area contributed by atoms with Gasteiger partial charge in [0.25, 0.3) is 5.56 Å². The molecule has 0 radical (unpaired) electrons.